The van der Waals surface area contributed by atoms with Crippen molar-refractivity contribution in [1.82, 2.24) is 9.97 Å². The maximum Gasteiger partial charge on any atom is 0.137 e. The van der Waals surface area contributed by atoms with Gasteiger partial charge in [-0.15, -0.1) is 0 Å². The average molecular weight is 276 g/mol. The number of nitrogens with zero attached hydrogens (tertiary/aromatic N) is 2. The van der Waals surface area contributed by atoms with Crippen molar-refractivity contribution in [3.8, 4) is 0 Å². The molecule has 1 aromatic heterocycles. The Hall–Kier alpha value is -0.680. The van der Waals surface area contributed by atoms with E-state index in [0.29, 0.717) is 17.5 Å². The summed E-state index contributed by atoms with van der Waals surface area (Å²) in [5.74, 6) is 1.45. The Morgan fingerprint density at radius 2 is 2.12 bits per heavy atom. The largest absolute Gasteiger partial charge is 0.369 e. The van der Waals surface area contributed by atoms with Gasteiger partial charge in [-0.2, -0.15) is 0 Å². The number of rotatable bonds is 5. The normalized spacial score (nSPS) is 14.4. The molecule has 0 saturated carbocycles. The minimum Gasteiger partial charge on any atom is -0.369 e. The molecule has 6 heteroatoms. The molecule has 0 aromatic carbocycles. The number of hydrogen-bond donors (Lipinski definition) is 1. The Morgan fingerprint density at radius 1 is 1.47 bits per heavy atom. The van der Waals surface area contributed by atoms with E-state index in [0.717, 1.165) is 17.8 Å². The molecule has 96 valence electrons. The van der Waals surface area contributed by atoms with Crippen LogP contribution < -0.4 is 5.32 Å². The summed E-state index contributed by atoms with van der Waals surface area (Å²) in [4.78, 5) is 8.55. The zero-order valence-electron chi connectivity index (χ0n) is 10.6. The first kappa shape index (κ1) is 14.4. The van der Waals surface area contributed by atoms with Gasteiger partial charge in [-0.3, -0.25) is 4.21 Å². The van der Waals surface area contributed by atoms with Crippen molar-refractivity contribution in [3.63, 3.8) is 0 Å². The van der Waals surface area contributed by atoms with Crippen LogP contribution in [0.3, 0.4) is 0 Å². The van der Waals surface area contributed by atoms with Crippen molar-refractivity contribution in [2.75, 3.05) is 18.1 Å². The summed E-state index contributed by atoms with van der Waals surface area (Å²) >= 11 is 6.02. The summed E-state index contributed by atoms with van der Waals surface area (Å²) in [6.45, 7) is 6.40. The SMILES string of the molecule is CCc1nc(Cl)c(C)c(NCC(C)S(C)=O)n1. The molecule has 0 amide bonds. The van der Waals surface area contributed by atoms with Gasteiger partial charge in [0.25, 0.3) is 0 Å². The number of anilines is 1. The van der Waals surface area contributed by atoms with Gasteiger partial charge in [0, 0.05) is 40.8 Å². The van der Waals surface area contributed by atoms with Crippen LogP contribution in [0.2, 0.25) is 5.15 Å². The zero-order chi connectivity index (χ0) is 13.0. The second-order valence-electron chi connectivity index (χ2n) is 3.95. The topological polar surface area (TPSA) is 54.9 Å². The fourth-order valence-electron chi connectivity index (χ4n) is 1.22. The summed E-state index contributed by atoms with van der Waals surface area (Å²) < 4.78 is 11.3. The van der Waals surface area contributed by atoms with Crippen LogP contribution in [0.4, 0.5) is 5.82 Å². The molecule has 0 radical (unpaired) electrons. The summed E-state index contributed by atoms with van der Waals surface area (Å²) in [6, 6.07) is 0. The maximum absolute atomic E-state index is 11.3. The molecule has 0 aliphatic heterocycles. The first-order valence-electron chi connectivity index (χ1n) is 5.54. The van der Waals surface area contributed by atoms with Crippen LogP contribution in [0, 0.1) is 6.92 Å². The van der Waals surface area contributed by atoms with Crippen LogP contribution in [0.1, 0.15) is 25.2 Å². The molecular formula is C11H18ClN3OS. The van der Waals surface area contributed by atoms with E-state index < -0.39 is 10.8 Å². The molecule has 17 heavy (non-hydrogen) atoms. The van der Waals surface area contributed by atoms with Crippen molar-refractivity contribution in [3.05, 3.63) is 16.5 Å². The third kappa shape index (κ3) is 3.92. The molecule has 0 aliphatic rings. The van der Waals surface area contributed by atoms with E-state index in [-0.39, 0.29) is 5.25 Å². The van der Waals surface area contributed by atoms with Crippen LogP contribution in [-0.4, -0.2) is 32.2 Å². The lowest BCUT2D eigenvalue weighted by Crippen LogP contribution is -2.22. The van der Waals surface area contributed by atoms with Crippen molar-refractivity contribution in [1.29, 1.82) is 0 Å². The van der Waals surface area contributed by atoms with Crippen molar-refractivity contribution >= 4 is 28.2 Å². The minimum atomic E-state index is -0.842. The summed E-state index contributed by atoms with van der Waals surface area (Å²) in [5, 5.41) is 3.73. The fraction of sp³-hybridized carbons (Fsp3) is 0.636. The molecule has 4 nitrogen and oxygen atoms in total. The summed E-state index contributed by atoms with van der Waals surface area (Å²) in [5.41, 5.74) is 0.831. The lowest BCUT2D eigenvalue weighted by Gasteiger charge is -2.13. The van der Waals surface area contributed by atoms with Gasteiger partial charge in [-0.1, -0.05) is 18.5 Å². The number of aryl methyl sites for hydroxylation is 1. The lowest BCUT2D eigenvalue weighted by molar-refractivity contribution is 0.678. The highest BCUT2D eigenvalue weighted by molar-refractivity contribution is 7.84. The van der Waals surface area contributed by atoms with Gasteiger partial charge in [-0.05, 0) is 13.8 Å². The van der Waals surface area contributed by atoms with E-state index in [1.165, 1.54) is 0 Å². The van der Waals surface area contributed by atoms with E-state index in [1.807, 2.05) is 20.8 Å². The van der Waals surface area contributed by atoms with Gasteiger partial charge in [0.05, 0.1) is 0 Å². The molecule has 1 heterocycles. The number of halogens is 1. The van der Waals surface area contributed by atoms with Gasteiger partial charge < -0.3 is 5.32 Å². The highest BCUT2D eigenvalue weighted by Gasteiger charge is 2.11. The average Bonchev–Trinajstić information content (AvgIpc) is 2.30. The molecule has 0 spiro atoms. The van der Waals surface area contributed by atoms with Crippen LogP contribution in [0.15, 0.2) is 0 Å². The molecule has 1 aromatic rings. The Labute approximate surface area is 110 Å². The monoisotopic (exact) mass is 275 g/mol. The first-order chi connectivity index (χ1) is 7.95. The lowest BCUT2D eigenvalue weighted by atomic mass is 10.3. The Bertz CT molecular complexity index is 425. The van der Waals surface area contributed by atoms with Crippen molar-refractivity contribution < 1.29 is 4.21 Å². The number of hydrogen-bond acceptors (Lipinski definition) is 4. The standard InChI is InChI=1S/C11H18ClN3OS/c1-5-9-14-10(12)8(3)11(15-9)13-6-7(2)17(4)16/h7H,5-6H2,1-4H3,(H,13,14,15). The molecule has 0 bridgehead atoms. The third-order valence-electron chi connectivity index (χ3n) is 2.57. The van der Waals surface area contributed by atoms with E-state index in [9.17, 15) is 4.21 Å². The molecule has 0 aliphatic carbocycles. The summed E-state index contributed by atoms with van der Waals surface area (Å²) in [7, 11) is -0.842. The smallest absolute Gasteiger partial charge is 0.137 e. The maximum atomic E-state index is 11.3. The second-order valence-corrected chi connectivity index (χ2v) is 6.11. The first-order valence-corrected chi connectivity index (χ1v) is 7.54. The number of aromatic nitrogens is 2. The van der Waals surface area contributed by atoms with Gasteiger partial charge in [0.15, 0.2) is 0 Å². The fourth-order valence-corrected chi connectivity index (χ4v) is 1.73. The Balaban J connectivity index is 2.83. The predicted octanol–water partition coefficient (Wildman–Crippen LogP) is 2.18. The van der Waals surface area contributed by atoms with Crippen LogP contribution in [0.5, 0.6) is 0 Å². The van der Waals surface area contributed by atoms with E-state index in [1.54, 1.807) is 6.26 Å². The van der Waals surface area contributed by atoms with Crippen LogP contribution in [0.25, 0.3) is 0 Å². The van der Waals surface area contributed by atoms with Crippen LogP contribution in [-0.2, 0) is 17.2 Å². The van der Waals surface area contributed by atoms with Gasteiger partial charge in [0.1, 0.15) is 16.8 Å². The quantitative estimate of drug-likeness (QED) is 0.837. The molecule has 0 fully saturated rings. The van der Waals surface area contributed by atoms with Crippen LogP contribution >= 0.6 is 11.6 Å². The number of nitrogens with one attached hydrogen (secondary N) is 1. The van der Waals surface area contributed by atoms with Gasteiger partial charge >= 0.3 is 0 Å². The summed E-state index contributed by atoms with van der Waals surface area (Å²) in [6.07, 6.45) is 2.44. The van der Waals surface area contributed by atoms with Gasteiger partial charge in [0.2, 0.25) is 0 Å². The Kier molecular flexibility index (Phi) is 5.33. The highest BCUT2D eigenvalue weighted by atomic mass is 35.5. The predicted molar refractivity (Wildman–Crippen MR) is 73.2 cm³/mol. The Morgan fingerprint density at radius 3 is 2.65 bits per heavy atom. The third-order valence-corrected chi connectivity index (χ3v) is 4.24. The van der Waals surface area contributed by atoms with E-state index in [2.05, 4.69) is 15.3 Å². The van der Waals surface area contributed by atoms with E-state index >= 15 is 0 Å². The second kappa shape index (κ2) is 6.31. The molecule has 2 unspecified atom stereocenters. The molecule has 0 saturated heterocycles. The molecule has 1 N–H and O–H groups in total. The molecule has 2 atom stereocenters. The van der Waals surface area contributed by atoms with E-state index in [4.69, 9.17) is 11.6 Å². The molecule has 1 rings (SSSR count). The zero-order valence-corrected chi connectivity index (χ0v) is 12.2. The van der Waals surface area contributed by atoms with Gasteiger partial charge in [-0.25, -0.2) is 9.97 Å². The van der Waals surface area contributed by atoms with Crippen molar-refractivity contribution in [2.45, 2.75) is 32.4 Å². The highest BCUT2D eigenvalue weighted by Crippen LogP contribution is 2.20. The molecular weight excluding hydrogens is 258 g/mol. The van der Waals surface area contributed by atoms with Crippen molar-refractivity contribution in [2.24, 2.45) is 0 Å². The minimum absolute atomic E-state index is 0.0771.